The molecule has 1 aliphatic carbocycles. The lowest BCUT2D eigenvalue weighted by Gasteiger charge is -2.26. The summed E-state index contributed by atoms with van der Waals surface area (Å²) >= 11 is 3.59. The third-order valence-electron chi connectivity index (χ3n) is 3.58. The van der Waals surface area contributed by atoms with Gasteiger partial charge >= 0.3 is 0 Å². The number of hydrogen-bond donors (Lipinski definition) is 1. The number of rotatable bonds is 4. The minimum absolute atomic E-state index is 0.307. The number of halogens is 1. The molecule has 2 rings (SSSR count). The second-order valence-corrected chi connectivity index (χ2v) is 5.81. The lowest BCUT2D eigenvalue weighted by molar-refractivity contribution is 0.00883. The van der Waals surface area contributed by atoms with E-state index in [1.807, 2.05) is 11.6 Å². The van der Waals surface area contributed by atoms with Crippen LogP contribution < -0.4 is 5.73 Å². The summed E-state index contributed by atoms with van der Waals surface area (Å²) in [6.07, 6.45) is 4.73. The molecule has 18 heavy (non-hydrogen) atoms. The molecule has 0 spiro atoms. The van der Waals surface area contributed by atoms with E-state index in [-0.39, 0.29) is 0 Å². The molecule has 1 aliphatic rings. The van der Waals surface area contributed by atoms with E-state index >= 15 is 0 Å². The first-order valence-electron chi connectivity index (χ1n) is 6.70. The SMILES string of the molecule is CCn1nc(C)c(Br)c1COC1CCCC(N)C1. The number of aromatic nitrogens is 2. The summed E-state index contributed by atoms with van der Waals surface area (Å²) in [6.45, 7) is 5.59. The number of hydrogen-bond acceptors (Lipinski definition) is 3. The van der Waals surface area contributed by atoms with Crippen LogP contribution in [0.3, 0.4) is 0 Å². The van der Waals surface area contributed by atoms with Gasteiger partial charge in [0.05, 0.1) is 28.6 Å². The number of aryl methyl sites for hydroxylation is 2. The third kappa shape index (κ3) is 3.13. The van der Waals surface area contributed by atoms with Crippen LogP contribution in [0, 0.1) is 6.92 Å². The molecule has 0 saturated heterocycles. The van der Waals surface area contributed by atoms with Gasteiger partial charge in [-0.3, -0.25) is 4.68 Å². The summed E-state index contributed by atoms with van der Waals surface area (Å²) < 4.78 is 9.08. The van der Waals surface area contributed by atoms with Crippen molar-refractivity contribution in [3.05, 3.63) is 15.9 Å². The molecule has 102 valence electrons. The van der Waals surface area contributed by atoms with E-state index in [1.54, 1.807) is 0 Å². The second-order valence-electron chi connectivity index (χ2n) is 5.02. The zero-order chi connectivity index (χ0) is 13.1. The van der Waals surface area contributed by atoms with Gasteiger partial charge in [0.25, 0.3) is 0 Å². The van der Waals surface area contributed by atoms with E-state index in [1.165, 1.54) is 6.42 Å². The van der Waals surface area contributed by atoms with Crippen LogP contribution in [-0.4, -0.2) is 21.9 Å². The van der Waals surface area contributed by atoms with Crippen molar-refractivity contribution in [1.29, 1.82) is 0 Å². The Labute approximate surface area is 117 Å². The van der Waals surface area contributed by atoms with Crippen molar-refractivity contribution >= 4 is 15.9 Å². The molecule has 0 aliphatic heterocycles. The highest BCUT2D eigenvalue weighted by Crippen LogP contribution is 2.25. The zero-order valence-electron chi connectivity index (χ0n) is 11.2. The maximum atomic E-state index is 6.01. The fraction of sp³-hybridized carbons (Fsp3) is 0.769. The van der Waals surface area contributed by atoms with Crippen LogP contribution in [0.5, 0.6) is 0 Å². The molecule has 0 bridgehead atoms. The smallest absolute Gasteiger partial charge is 0.0900 e. The first-order chi connectivity index (χ1) is 8.61. The maximum Gasteiger partial charge on any atom is 0.0900 e. The Morgan fingerprint density at radius 2 is 2.28 bits per heavy atom. The van der Waals surface area contributed by atoms with Crippen molar-refractivity contribution in [2.45, 2.75) is 64.8 Å². The molecule has 0 amide bonds. The maximum absolute atomic E-state index is 6.01. The minimum atomic E-state index is 0.307. The molecule has 2 atom stereocenters. The van der Waals surface area contributed by atoms with E-state index in [4.69, 9.17) is 10.5 Å². The largest absolute Gasteiger partial charge is 0.372 e. The lowest BCUT2D eigenvalue weighted by atomic mass is 9.94. The molecule has 1 heterocycles. The molecule has 5 heteroatoms. The summed E-state index contributed by atoms with van der Waals surface area (Å²) in [6, 6.07) is 0.310. The number of nitrogens with two attached hydrogens (primary N) is 1. The summed E-state index contributed by atoms with van der Waals surface area (Å²) in [5.74, 6) is 0. The Morgan fingerprint density at radius 1 is 1.50 bits per heavy atom. The molecule has 2 N–H and O–H groups in total. The summed E-state index contributed by atoms with van der Waals surface area (Å²) in [7, 11) is 0. The van der Waals surface area contributed by atoms with Crippen molar-refractivity contribution in [3.8, 4) is 0 Å². The van der Waals surface area contributed by atoms with Gasteiger partial charge in [0.15, 0.2) is 0 Å². The Bertz CT molecular complexity index is 405. The number of ether oxygens (including phenoxy) is 1. The summed E-state index contributed by atoms with van der Waals surface area (Å²) in [4.78, 5) is 0. The zero-order valence-corrected chi connectivity index (χ0v) is 12.7. The van der Waals surface area contributed by atoms with Crippen LogP contribution in [-0.2, 0) is 17.9 Å². The Morgan fingerprint density at radius 3 is 2.94 bits per heavy atom. The lowest BCUT2D eigenvalue weighted by Crippen LogP contribution is -2.32. The van der Waals surface area contributed by atoms with Crippen LogP contribution in [0.15, 0.2) is 4.47 Å². The van der Waals surface area contributed by atoms with Gasteiger partial charge in [-0.05, 0) is 55.5 Å². The quantitative estimate of drug-likeness (QED) is 0.929. The Balaban J connectivity index is 1.97. The fourth-order valence-corrected chi connectivity index (χ4v) is 2.93. The van der Waals surface area contributed by atoms with E-state index in [9.17, 15) is 0 Å². The second kappa shape index (κ2) is 6.17. The van der Waals surface area contributed by atoms with Crippen molar-refractivity contribution < 1.29 is 4.74 Å². The van der Waals surface area contributed by atoms with Gasteiger partial charge in [-0.25, -0.2) is 0 Å². The highest BCUT2D eigenvalue weighted by molar-refractivity contribution is 9.10. The highest BCUT2D eigenvalue weighted by Gasteiger charge is 2.21. The van der Waals surface area contributed by atoms with Gasteiger partial charge < -0.3 is 10.5 Å². The van der Waals surface area contributed by atoms with Gasteiger partial charge in [0, 0.05) is 12.6 Å². The molecule has 2 unspecified atom stereocenters. The molecule has 1 aromatic rings. The molecule has 0 aromatic carbocycles. The molecule has 4 nitrogen and oxygen atoms in total. The molecular formula is C13H22BrN3O. The first-order valence-corrected chi connectivity index (χ1v) is 7.50. The number of nitrogens with zero attached hydrogens (tertiary/aromatic N) is 2. The molecule has 1 saturated carbocycles. The van der Waals surface area contributed by atoms with Crippen LogP contribution >= 0.6 is 15.9 Å². The summed E-state index contributed by atoms with van der Waals surface area (Å²) in [5, 5.41) is 4.47. The Kier molecular flexibility index (Phi) is 4.81. The monoisotopic (exact) mass is 315 g/mol. The summed E-state index contributed by atoms with van der Waals surface area (Å²) in [5.41, 5.74) is 8.13. The average molecular weight is 316 g/mol. The topological polar surface area (TPSA) is 53.1 Å². The van der Waals surface area contributed by atoms with E-state index in [0.717, 1.165) is 41.7 Å². The fourth-order valence-electron chi connectivity index (χ4n) is 2.54. The average Bonchev–Trinajstić information content (AvgIpc) is 2.63. The van der Waals surface area contributed by atoms with E-state index in [2.05, 4.69) is 28.0 Å². The van der Waals surface area contributed by atoms with Crippen LogP contribution in [0.4, 0.5) is 0 Å². The molecule has 1 aromatic heterocycles. The minimum Gasteiger partial charge on any atom is -0.372 e. The highest BCUT2D eigenvalue weighted by atomic mass is 79.9. The van der Waals surface area contributed by atoms with Gasteiger partial charge in [-0.2, -0.15) is 5.10 Å². The van der Waals surface area contributed by atoms with Gasteiger partial charge in [-0.15, -0.1) is 0 Å². The predicted octanol–water partition coefficient (Wildman–Crippen LogP) is 2.76. The van der Waals surface area contributed by atoms with Gasteiger partial charge in [-0.1, -0.05) is 0 Å². The normalized spacial score (nSPS) is 24.4. The Hall–Kier alpha value is -0.390. The van der Waals surface area contributed by atoms with E-state index < -0.39 is 0 Å². The van der Waals surface area contributed by atoms with Crippen molar-refractivity contribution in [3.63, 3.8) is 0 Å². The first kappa shape index (κ1) is 14.0. The predicted molar refractivity (Wildman–Crippen MR) is 75.4 cm³/mol. The standard InChI is InChI=1S/C13H22BrN3O/c1-3-17-12(13(14)9(2)16-17)8-18-11-6-4-5-10(15)7-11/h10-11H,3-8,15H2,1-2H3. The molecule has 0 radical (unpaired) electrons. The van der Waals surface area contributed by atoms with Crippen LogP contribution in [0.2, 0.25) is 0 Å². The van der Waals surface area contributed by atoms with Crippen molar-refractivity contribution in [2.75, 3.05) is 0 Å². The van der Waals surface area contributed by atoms with Crippen LogP contribution in [0.1, 0.15) is 44.0 Å². The van der Waals surface area contributed by atoms with Crippen LogP contribution in [0.25, 0.3) is 0 Å². The van der Waals surface area contributed by atoms with Gasteiger partial charge in [0.1, 0.15) is 0 Å². The van der Waals surface area contributed by atoms with E-state index in [0.29, 0.717) is 18.8 Å². The van der Waals surface area contributed by atoms with Gasteiger partial charge in [0.2, 0.25) is 0 Å². The van der Waals surface area contributed by atoms with Crippen molar-refractivity contribution in [2.24, 2.45) is 5.73 Å². The molecular weight excluding hydrogens is 294 g/mol. The van der Waals surface area contributed by atoms with Crippen molar-refractivity contribution in [1.82, 2.24) is 9.78 Å². The molecule has 1 fully saturated rings. The third-order valence-corrected chi connectivity index (χ3v) is 4.61.